The van der Waals surface area contributed by atoms with Crippen molar-refractivity contribution in [2.75, 3.05) is 11.9 Å². The van der Waals surface area contributed by atoms with Crippen LogP contribution in [0.2, 0.25) is 0 Å². The molecule has 4 saturated carbocycles. The summed E-state index contributed by atoms with van der Waals surface area (Å²) in [6.45, 7) is 0.225. The average molecular weight is 475 g/mol. The number of anilines is 1. The maximum atomic E-state index is 13.1. The third-order valence-corrected chi connectivity index (χ3v) is 8.82. The van der Waals surface area contributed by atoms with Crippen molar-refractivity contribution in [2.45, 2.75) is 69.1 Å². The molecule has 184 valence electrons. The van der Waals surface area contributed by atoms with E-state index in [1.165, 1.54) is 49.0 Å². The molecule has 1 heterocycles. The largest absolute Gasteiger partial charge is 0.445 e. The number of aliphatic hydroxyl groups is 1. The molecule has 7 rings (SSSR count). The minimum absolute atomic E-state index is 0.0939. The number of benzene rings is 2. The van der Waals surface area contributed by atoms with E-state index in [1.807, 2.05) is 42.5 Å². The van der Waals surface area contributed by atoms with Gasteiger partial charge in [-0.3, -0.25) is 9.69 Å². The molecule has 35 heavy (non-hydrogen) atoms. The first kappa shape index (κ1) is 22.6. The molecule has 6 heteroatoms. The zero-order valence-electron chi connectivity index (χ0n) is 20.1. The summed E-state index contributed by atoms with van der Waals surface area (Å²) in [5.74, 6) is 2.38. The Morgan fingerprint density at radius 1 is 0.914 bits per heavy atom. The molecule has 5 aliphatic rings. The van der Waals surface area contributed by atoms with Crippen LogP contribution in [-0.2, 0) is 21.6 Å². The van der Waals surface area contributed by atoms with Crippen LogP contribution in [0.4, 0.5) is 10.5 Å². The highest BCUT2D eigenvalue weighted by Crippen LogP contribution is 2.60. The first-order chi connectivity index (χ1) is 17.0. The lowest BCUT2D eigenvalue weighted by Gasteiger charge is -2.57. The third-order valence-electron chi connectivity index (χ3n) is 8.82. The Labute approximate surface area is 206 Å². The maximum Gasteiger partial charge on any atom is 0.410 e. The van der Waals surface area contributed by atoms with Crippen LogP contribution in [0, 0.1) is 17.8 Å². The van der Waals surface area contributed by atoms with Crippen LogP contribution in [0.15, 0.2) is 54.6 Å². The number of hydrogen-bond donors (Lipinski definition) is 2. The van der Waals surface area contributed by atoms with Crippen molar-refractivity contribution < 1.29 is 19.4 Å². The van der Waals surface area contributed by atoms with Crippen molar-refractivity contribution in [3.8, 4) is 0 Å². The van der Waals surface area contributed by atoms with E-state index in [-0.39, 0.29) is 25.5 Å². The van der Waals surface area contributed by atoms with Gasteiger partial charge in [0.2, 0.25) is 5.91 Å². The highest BCUT2D eigenvalue weighted by molar-refractivity contribution is 5.97. The number of carbonyl (C=O) groups excluding carboxylic acids is 2. The quantitative estimate of drug-likeness (QED) is 0.648. The summed E-state index contributed by atoms with van der Waals surface area (Å²) in [4.78, 5) is 27.1. The average Bonchev–Trinajstić information content (AvgIpc) is 3.25. The zero-order valence-corrected chi connectivity index (χ0v) is 20.1. The van der Waals surface area contributed by atoms with Crippen molar-refractivity contribution >= 4 is 17.7 Å². The molecular weight excluding hydrogens is 440 g/mol. The number of hydrogen-bond acceptors (Lipinski definition) is 4. The minimum Gasteiger partial charge on any atom is -0.445 e. The zero-order chi connectivity index (χ0) is 24.0. The second-order valence-electron chi connectivity index (χ2n) is 11.4. The molecule has 0 spiro atoms. The van der Waals surface area contributed by atoms with E-state index in [9.17, 15) is 14.7 Å². The van der Waals surface area contributed by atoms with E-state index in [0.29, 0.717) is 5.41 Å². The normalized spacial score (nSPS) is 33.1. The lowest BCUT2D eigenvalue weighted by molar-refractivity contribution is -0.120. The van der Waals surface area contributed by atoms with Gasteiger partial charge in [0.25, 0.3) is 0 Å². The molecule has 4 aliphatic carbocycles. The number of β-amino-alcohol motifs (C(OH)–C–C–N with tert-alkyl or cyclic N) is 1. The fraction of sp³-hybridized carbons (Fsp3) is 0.517. The summed E-state index contributed by atoms with van der Waals surface area (Å²) in [6, 6.07) is 17.0. The van der Waals surface area contributed by atoms with E-state index in [4.69, 9.17) is 4.74 Å². The molecule has 1 aliphatic heterocycles. The molecule has 2 aromatic carbocycles. The number of rotatable bonds is 5. The van der Waals surface area contributed by atoms with Gasteiger partial charge in [-0.15, -0.1) is 0 Å². The molecule has 1 saturated heterocycles. The van der Waals surface area contributed by atoms with Crippen molar-refractivity contribution in [1.82, 2.24) is 4.90 Å². The molecule has 4 bridgehead atoms. The summed E-state index contributed by atoms with van der Waals surface area (Å²) in [6.07, 6.45) is 7.08. The fourth-order valence-corrected chi connectivity index (χ4v) is 7.66. The first-order valence-corrected chi connectivity index (χ1v) is 13.0. The van der Waals surface area contributed by atoms with Crippen molar-refractivity contribution in [1.29, 1.82) is 0 Å². The Hall–Kier alpha value is -2.86. The summed E-state index contributed by atoms with van der Waals surface area (Å²) in [5, 5.41) is 13.1. The van der Waals surface area contributed by atoms with E-state index < -0.39 is 18.2 Å². The standard InChI is InChI=1S/C29H34N2O4/c32-25-13-26(31(17-25)28(34)35-18-19-4-2-1-3-5-19)27(33)30-24-8-6-23(7-9-24)29-14-20-10-21(15-29)12-22(11-20)16-29/h1-9,20-22,25-26,32H,10-18H2,(H,30,33)/t20?,21?,22?,25-,26+,29?/m1/s1. The van der Waals surface area contributed by atoms with Gasteiger partial charge in [0.1, 0.15) is 12.6 Å². The van der Waals surface area contributed by atoms with E-state index in [1.54, 1.807) is 0 Å². The van der Waals surface area contributed by atoms with Gasteiger partial charge >= 0.3 is 6.09 Å². The van der Waals surface area contributed by atoms with Crippen LogP contribution >= 0.6 is 0 Å². The lowest BCUT2D eigenvalue weighted by atomic mass is 9.48. The second kappa shape index (κ2) is 8.98. The number of nitrogens with one attached hydrogen (secondary N) is 1. The summed E-state index contributed by atoms with van der Waals surface area (Å²) < 4.78 is 5.42. The first-order valence-electron chi connectivity index (χ1n) is 13.0. The van der Waals surface area contributed by atoms with Gasteiger partial charge in [-0.1, -0.05) is 42.5 Å². The molecule has 0 aromatic heterocycles. The van der Waals surface area contributed by atoms with Gasteiger partial charge in [-0.25, -0.2) is 4.79 Å². The monoisotopic (exact) mass is 474 g/mol. The second-order valence-corrected chi connectivity index (χ2v) is 11.4. The van der Waals surface area contributed by atoms with Gasteiger partial charge < -0.3 is 15.2 Å². The predicted molar refractivity (Wildman–Crippen MR) is 133 cm³/mol. The van der Waals surface area contributed by atoms with Crippen LogP contribution in [0.5, 0.6) is 0 Å². The van der Waals surface area contributed by atoms with Crippen LogP contribution < -0.4 is 5.32 Å². The Kier molecular flexibility index (Phi) is 5.79. The number of aliphatic hydroxyl groups excluding tert-OH is 1. The molecular formula is C29H34N2O4. The highest BCUT2D eigenvalue weighted by atomic mass is 16.6. The topological polar surface area (TPSA) is 78.9 Å². The highest BCUT2D eigenvalue weighted by Gasteiger charge is 2.51. The Bertz CT molecular complexity index is 1050. The fourth-order valence-electron chi connectivity index (χ4n) is 7.66. The van der Waals surface area contributed by atoms with Gasteiger partial charge in [0.05, 0.1) is 12.6 Å². The Morgan fingerprint density at radius 2 is 1.54 bits per heavy atom. The van der Waals surface area contributed by atoms with Crippen molar-refractivity contribution in [2.24, 2.45) is 17.8 Å². The summed E-state index contributed by atoms with van der Waals surface area (Å²) in [5.41, 5.74) is 3.34. The molecule has 5 fully saturated rings. The van der Waals surface area contributed by atoms with Crippen LogP contribution in [0.1, 0.15) is 56.1 Å². The van der Waals surface area contributed by atoms with Crippen molar-refractivity contribution in [3.63, 3.8) is 0 Å². The number of amides is 2. The summed E-state index contributed by atoms with van der Waals surface area (Å²) in [7, 11) is 0. The van der Waals surface area contributed by atoms with Crippen LogP contribution in [-0.4, -0.2) is 40.7 Å². The Morgan fingerprint density at radius 3 is 2.17 bits per heavy atom. The molecule has 2 amide bonds. The van der Waals surface area contributed by atoms with Gasteiger partial charge in [-0.05, 0) is 85.0 Å². The van der Waals surface area contributed by atoms with Crippen molar-refractivity contribution in [3.05, 3.63) is 65.7 Å². The van der Waals surface area contributed by atoms with Gasteiger partial charge in [0.15, 0.2) is 0 Å². The van der Waals surface area contributed by atoms with E-state index in [0.717, 1.165) is 29.0 Å². The smallest absolute Gasteiger partial charge is 0.410 e. The SMILES string of the molecule is O=C(Nc1ccc(C23CC4CC(CC(C4)C2)C3)cc1)[C@@H]1C[C@@H](O)CN1C(=O)OCc1ccccc1. The summed E-state index contributed by atoms with van der Waals surface area (Å²) >= 11 is 0. The van der Waals surface area contributed by atoms with Crippen LogP contribution in [0.25, 0.3) is 0 Å². The molecule has 0 radical (unpaired) electrons. The lowest BCUT2D eigenvalue weighted by Crippen LogP contribution is -2.48. The Balaban J connectivity index is 1.10. The van der Waals surface area contributed by atoms with Gasteiger partial charge in [-0.2, -0.15) is 0 Å². The molecule has 2 atom stereocenters. The van der Waals surface area contributed by atoms with E-state index >= 15 is 0 Å². The molecule has 6 nitrogen and oxygen atoms in total. The number of ether oxygens (including phenoxy) is 1. The maximum absolute atomic E-state index is 13.1. The molecule has 2 N–H and O–H groups in total. The number of nitrogens with zero attached hydrogens (tertiary/aromatic N) is 1. The van der Waals surface area contributed by atoms with Gasteiger partial charge in [0, 0.05) is 12.1 Å². The predicted octanol–water partition coefficient (Wildman–Crippen LogP) is 4.86. The minimum atomic E-state index is -0.754. The van der Waals surface area contributed by atoms with E-state index in [2.05, 4.69) is 17.4 Å². The van der Waals surface area contributed by atoms with Crippen LogP contribution in [0.3, 0.4) is 0 Å². The third kappa shape index (κ3) is 4.44. The number of likely N-dealkylation sites (tertiary alicyclic amines) is 1. The molecule has 0 unspecified atom stereocenters. The number of carbonyl (C=O) groups is 2. The molecule has 2 aromatic rings.